The molecule has 0 amide bonds. The van der Waals surface area contributed by atoms with Crippen LogP contribution < -0.4 is 5.30 Å². The van der Waals surface area contributed by atoms with E-state index >= 15 is 0 Å². The normalized spacial score (nSPS) is 12.2. The smallest absolute Gasteiger partial charge is 0.360 e. The summed E-state index contributed by atoms with van der Waals surface area (Å²) >= 11 is 0. The summed E-state index contributed by atoms with van der Waals surface area (Å²) in [5.74, 6) is 0.549. The molecule has 1 aromatic carbocycles. The number of fused-ring (bicyclic) bond motifs is 1. The minimum absolute atomic E-state index is 0.122. The van der Waals surface area contributed by atoms with Crippen LogP contribution in [0.3, 0.4) is 0 Å². The third kappa shape index (κ3) is 1.98. The van der Waals surface area contributed by atoms with Crippen molar-refractivity contribution in [2.75, 3.05) is 0 Å². The number of aryl methyl sites for hydroxylation is 1. The molecule has 2 N–H and O–H groups in total. The second kappa shape index (κ2) is 4.59. The number of rotatable bonds is 3. The van der Waals surface area contributed by atoms with Crippen molar-refractivity contribution in [3.05, 3.63) is 36.6 Å². The average molecular weight is 292 g/mol. The maximum atomic E-state index is 11.5. The summed E-state index contributed by atoms with van der Waals surface area (Å²) in [5, 5.41) is -0.137. The standard InChI is InChI=1S/C13H13N2O4P/c1-2-15-10-6-4-3-5-9(10)14-13(15)12-11(7-8-19-12)20(16,17)18/h3-8H,2H2,1H3,(H2,16,17,18). The van der Waals surface area contributed by atoms with E-state index in [4.69, 9.17) is 4.42 Å². The Morgan fingerprint density at radius 2 is 2.05 bits per heavy atom. The Kier molecular flexibility index (Phi) is 3.01. The lowest BCUT2D eigenvalue weighted by Gasteiger charge is -2.06. The van der Waals surface area contributed by atoms with E-state index in [9.17, 15) is 14.4 Å². The fourth-order valence-corrected chi connectivity index (χ4v) is 2.94. The zero-order chi connectivity index (χ0) is 14.3. The Labute approximate surface area is 114 Å². The Hall–Kier alpha value is -1.88. The van der Waals surface area contributed by atoms with Gasteiger partial charge < -0.3 is 18.8 Å². The SMILES string of the molecule is CCn1c(-c2occc2P(=O)(O)O)nc2ccccc21. The van der Waals surface area contributed by atoms with Crippen LogP contribution in [-0.2, 0) is 11.1 Å². The Morgan fingerprint density at radius 1 is 1.30 bits per heavy atom. The molecule has 0 saturated heterocycles. The summed E-state index contributed by atoms with van der Waals surface area (Å²) in [6, 6.07) is 8.81. The monoisotopic (exact) mass is 292 g/mol. The second-order valence-electron chi connectivity index (χ2n) is 4.35. The minimum Gasteiger partial charge on any atom is -0.460 e. The molecule has 20 heavy (non-hydrogen) atoms. The van der Waals surface area contributed by atoms with Gasteiger partial charge in [-0.15, -0.1) is 0 Å². The van der Waals surface area contributed by atoms with E-state index in [1.54, 1.807) is 0 Å². The van der Waals surface area contributed by atoms with E-state index in [1.165, 1.54) is 12.3 Å². The first-order chi connectivity index (χ1) is 9.52. The molecule has 0 fully saturated rings. The lowest BCUT2D eigenvalue weighted by atomic mass is 10.3. The van der Waals surface area contributed by atoms with E-state index in [-0.39, 0.29) is 11.1 Å². The number of para-hydroxylation sites is 2. The molecule has 0 radical (unpaired) electrons. The molecule has 0 aliphatic rings. The van der Waals surface area contributed by atoms with Gasteiger partial charge in [0.05, 0.1) is 17.3 Å². The van der Waals surface area contributed by atoms with Crippen molar-refractivity contribution in [3.63, 3.8) is 0 Å². The number of nitrogens with zero attached hydrogens (tertiary/aromatic N) is 2. The molecule has 0 bridgehead atoms. The lowest BCUT2D eigenvalue weighted by molar-refractivity contribution is 0.387. The van der Waals surface area contributed by atoms with Crippen molar-refractivity contribution < 1.29 is 18.8 Å². The van der Waals surface area contributed by atoms with Gasteiger partial charge >= 0.3 is 7.60 Å². The van der Waals surface area contributed by atoms with Crippen molar-refractivity contribution in [3.8, 4) is 11.6 Å². The van der Waals surface area contributed by atoms with Crippen LogP contribution in [0.2, 0.25) is 0 Å². The summed E-state index contributed by atoms with van der Waals surface area (Å²) in [7, 11) is -4.39. The molecule has 0 saturated carbocycles. The third-order valence-corrected chi connectivity index (χ3v) is 4.11. The first kappa shape index (κ1) is 13.1. The van der Waals surface area contributed by atoms with Crippen LogP contribution in [0.25, 0.3) is 22.6 Å². The van der Waals surface area contributed by atoms with Gasteiger partial charge in [-0.25, -0.2) is 4.98 Å². The number of benzene rings is 1. The molecular formula is C13H13N2O4P. The maximum absolute atomic E-state index is 11.5. The molecule has 0 spiro atoms. The van der Waals surface area contributed by atoms with Gasteiger partial charge in [-0.2, -0.15) is 0 Å². The highest BCUT2D eigenvalue weighted by Gasteiger charge is 2.28. The fourth-order valence-electron chi connectivity index (χ4n) is 2.27. The summed E-state index contributed by atoms with van der Waals surface area (Å²) in [6.45, 7) is 2.56. The molecule has 0 unspecified atom stereocenters. The summed E-state index contributed by atoms with van der Waals surface area (Å²) < 4.78 is 18.6. The van der Waals surface area contributed by atoms with Crippen molar-refractivity contribution in [1.29, 1.82) is 0 Å². The van der Waals surface area contributed by atoms with Crippen LogP contribution in [-0.4, -0.2) is 19.3 Å². The van der Waals surface area contributed by atoms with E-state index in [0.29, 0.717) is 12.4 Å². The molecule has 2 heterocycles. The molecule has 2 aromatic heterocycles. The molecule has 3 aromatic rings. The number of hydrogen-bond donors (Lipinski definition) is 2. The predicted octanol–water partition coefficient (Wildman–Crippen LogP) is 2.12. The number of aromatic nitrogens is 2. The fraction of sp³-hybridized carbons (Fsp3) is 0.154. The van der Waals surface area contributed by atoms with Gasteiger partial charge in [0.2, 0.25) is 0 Å². The van der Waals surface area contributed by atoms with Crippen LogP contribution >= 0.6 is 7.60 Å². The van der Waals surface area contributed by atoms with Gasteiger partial charge in [-0.05, 0) is 25.1 Å². The van der Waals surface area contributed by atoms with Crippen molar-refractivity contribution in [2.24, 2.45) is 0 Å². The summed E-state index contributed by atoms with van der Waals surface area (Å²) in [6.07, 6.45) is 1.27. The molecule has 104 valence electrons. The van der Waals surface area contributed by atoms with Crippen molar-refractivity contribution in [1.82, 2.24) is 9.55 Å². The number of furan rings is 1. The minimum atomic E-state index is -4.39. The highest BCUT2D eigenvalue weighted by atomic mass is 31.2. The average Bonchev–Trinajstić information content (AvgIpc) is 3.01. The van der Waals surface area contributed by atoms with E-state index in [0.717, 1.165) is 11.0 Å². The van der Waals surface area contributed by atoms with E-state index in [2.05, 4.69) is 4.98 Å². The Bertz CT molecular complexity index is 815. The Balaban J connectivity index is 2.30. The van der Waals surface area contributed by atoms with Crippen molar-refractivity contribution >= 4 is 23.9 Å². The lowest BCUT2D eigenvalue weighted by Crippen LogP contribution is -2.07. The summed E-state index contributed by atoms with van der Waals surface area (Å²) in [4.78, 5) is 23.2. The quantitative estimate of drug-likeness (QED) is 0.722. The van der Waals surface area contributed by atoms with Gasteiger partial charge in [0.1, 0.15) is 5.30 Å². The maximum Gasteiger partial charge on any atom is 0.360 e. The van der Waals surface area contributed by atoms with Gasteiger partial charge in [0.15, 0.2) is 11.6 Å². The predicted molar refractivity (Wildman–Crippen MR) is 74.8 cm³/mol. The van der Waals surface area contributed by atoms with Crippen LogP contribution in [0.4, 0.5) is 0 Å². The molecular weight excluding hydrogens is 279 g/mol. The van der Waals surface area contributed by atoms with Crippen LogP contribution in [0.15, 0.2) is 41.0 Å². The number of imidazole rings is 1. The molecule has 7 heteroatoms. The largest absolute Gasteiger partial charge is 0.460 e. The van der Waals surface area contributed by atoms with Crippen LogP contribution in [0.1, 0.15) is 6.92 Å². The first-order valence-corrected chi connectivity index (χ1v) is 7.73. The molecule has 0 aliphatic heterocycles. The Morgan fingerprint density at radius 3 is 2.75 bits per heavy atom. The number of hydrogen-bond acceptors (Lipinski definition) is 3. The molecule has 6 nitrogen and oxygen atoms in total. The zero-order valence-electron chi connectivity index (χ0n) is 10.7. The van der Waals surface area contributed by atoms with Gasteiger partial charge in [-0.3, -0.25) is 4.57 Å². The second-order valence-corrected chi connectivity index (χ2v) is 5.92. The highest BCUT2D eigenvalue weighted by Crippen LogP contribution is 2.38. The van der Waals surface area contributed by atoms with Crippen LogP contribution in [0, 0.1) is 0 Å². The van der Waals surface area contributed by atoms with Crippen LogP contribution in [0.5, 0.6) is 0 Å². The van der Waals surface area contributed by atoms with E-state index < -0.39 is 7.60 Å². The topological polar surface area (TPSA) is 88.5 Å². The third-order valence-electron chi connectivity index (χ3n) is 3.13. The molecule has 3 rings (SSSR count). The van der Waals surface area contributed by atoms with Crippen molar-refractivity contribution in [2.45, 2.75) is 13.5 Å². The van der Waals surface area contributed by atoms with Gasteiger partial charge in [-0.1, -0.05) is 12.1 Å². The van der Waals surface area contributed by atoms with E-state index in [1.807, 2.05) is 35.8 Å². The zero-order valence-corrected chi connectivity index (χ0v) is 11.6. The highest BCUT2D eigenvalue weighted by molar-refractivity contribution is 7.60. The molecule has 0 atom stereocenters. The molecule has 0 aliphatic carbocycles. The summed E-state index contributed by atoms with van der Waals surface area (Å²) in [5.41, 5.74) is 1.66. The first-order valence-electron chi connectivity index (χ1n) is 6.11. The van der Waals surface area contributed by atoms with Gasteiger partial charge in [0, 0.05) is 6.54 Å². The van der Waals surface area contributed by atoms with Gasteiger partial charge in [0.25, 0.3) is 0 Å².